The molecule has 10 nitrogen and oxygen atoms in total. The highest BCUT2D eigenvalue weighted by Gasteiger charge is 2.42. The van der Waals surface area contributed by atoms with Crippen LogP contribution in [0, 0.1) is 24.2 Å². The topological polar surface area (TPSA) is 130 Å². The number of aromatic nitrogens is 1. The molecule has 226 valence electrons. The normalized spacial score (nSPS) is 18.2. The van der Waals surface area contributed by atoms with Gasteiger partial charge in [-0.05, 0) is 62.1 Å². The Morgan fingerprint density at radius 1 is 1.07 bits per heavy atom. The number of piperidine rings is 1. The third-order valence-electron chi connectivity index (χ3n) is 8.25. The summed E-state index contributed by atoms with van der Waals surface area (Å²) in [6.07, 6.45) is 1.36. The van der Waals surface area contributed by atoms with Gasteiger partial charge in [-0.1, -0.05) is 39.0 Å². The van der Waals surface area contributed by atoms with E-state index in [4.69, 9.17) is 4.74 Å². The van der Waals surface area contributed by atoms with Crippen LogP contribution in [0.15, 0.2) is 54.6 Å². The van der Waals surface area contributed by atoms with Crippen molar-refractivity contribution in [3.8, 4) is 5.75 Å². The zero-order chi connectivity index (χ0) is 30.7. The number of urea groups is 1. The van der Waals surface area contributed by atoms with E-state index in [0.29, 0.717) is 43.9 Å². The van der Waals surface area contributed by atoms with Gasteiger partial charge in [0.2, 0.25) is 5.91 Å². The van der Waals surface area contributed by atoms with E-state index in [1.54, 1.807) is 24.3 Å². The fraction of sp³-hybridized carbons (Fsp3) is 0.424. The maximum absolute atomic E-state index is 13.1. The summed E-state index contributed by atoms with van der Waals surface area (Å²) in [5, 5.41) is 9.04. The number of hydrogen-bond donors (Lipinski definition) is 3. The van der Waals surface area contributed by atoms with E-state index >= 15 is 0 Å². The lowest BCUT2D eigenvalue weighted by Gasteiger charge is -2.39. The standard InChI is InChI=1S/C33H39N5O5/c1-20-17-23(25-7-5-6-8-27(25)35-20)19-43-24-11-9-22(10-12-24)29(39)34-18-26(28-30(40)37-32(42)36-28)21-13-15-38(16-14-21)31(41)33(2,3)4/h5-12,17,21,26,28H,13-16,18-19H2,1-4H3,(H,34,39)(H2,36,37,40,42). The number of rotatable bonds is 8. The Hall–Kier alpha value is -4.47. The van der Waals surface area contributed by atoms with Crippen LogP contribution in [0.5, 0.6) is 5.75 Å². The molecule has 0 aliphatic carbocycles. The van der Waals surface area contributed by atoms with E-state index in [1.165, 1.54) is 0 Å². The average molecular weight is 586 g/mol. The van der Waals surface area contributed by atoms with Crippen molar-refractivity contribution in [2.24, 2.45) is 17.3 Å². The molecule has 2 aliphatic heterocycles. The molecule has 2 unspecified atom stereocenters. The van der Waals surface area contributed by atoms with Gasteiger partial charge in [-0.25, -0.2) is 4.79 Å². The quantitative estimate of drug-likeness (QED) is 0.343. The van der Waals surface area contributed by atoms with Gasteiger partial charge in [0.1, 0.15) is 18.4 Å². The molecule has 0 saturated carbocycles. The molecule has 2 atom stereocenters. The summed E-state index contributed by atoms with van der Waals surface area (Å²) in [6.45, 7) is 9.39. The maximum atomic E-state index is 13.1. The molecule has 0 spiro atoms. The van der Waals surface area contributed by atoms with Gasteiger partial charge in [-0.15, -0.1) is 0 Å². The van der Waals surface area contributed by atoms with E-state index in [0.717, 1.165) is 22.2 Å². The van der Waals surface area contributed by atoms with Crippen molar-refractivity contribution < 1.29 is 23.9 Å². The number of imide groups is 1. The Kier molecular flexibility index (Phi) is 8.66. The Labute approximate surface area is 251 Å². The van der Waals surface area contributed by atoms with Crippen LogP contribution in [0.3, 0.4) is 0 Å². The number of amides is 5. The average Bonchev–Trinajstić information content (AvgIpc) is 3.32. The Balaban J connectivity index is 1.21. The lowest BCUT2D eigenvalue weighted by Crippen LogP contribution is -2.51. The molecule has 2 aromatic carbocycles. The second-order valence-electron chi connectivity index (χ2n) is 12.4. The molecule has 10 heteroatoms. The third-order valence-corrected chi connectivity index (χ3v) is 8.25. The second-order valence-corrected chi connectivity index (χ2v) is 12.4. The van der Waals surface area contributed by atoms with Crippen LogP contribution in [0.2, 0.25) is 0 Å². The SMILES string of the molecule is Cc1cc(COc2ccc(C(=O)NCC(C3CCN(C(=O)C(C)(C)C)CC3)C3NC(=O)NC3=O)cc2)c2ccccc2n1. The summed E-state index contributed by atoms with van der Waals surface area (Å²) in [6, 6.07) is 15.6. The molecule has 5 rings (SSSR count). The summed E-state index contributed by atoms with van der Waals surface area (Å²) < 4.78 is 6.03. The summed E-state index contributed by atoms with van der Waals surface area (Å²) in [4.78, 5) is 56.8. The van der Waals surface area contributed by atoms with Crippen molar-refractivity contribution in [2.75, 3.05) is 19.6 Å². The molecule has 3 aromatic rings. The first kappa shape index (κ1) is 30.0. The van der Waals surface area contributed by atoms with Gasteiger partial charge in [0.15, 0.2) is 0 Å². The Morgan fingerprint density at radius 2 is 1.77 bits per heavy atom. The van der Waals surface area contributed by atoms with Crippen molar-refractivity contribution in [3.05, 3.63) is 71.4 Å². The zero-order valence-electron chi connectivity index (χ0n) is 25.1. The predicted molar refractivity (Wildman–Crippen MR) is 162 cm³/mol. The largest absolute Gasteiger partial charge is 0.489 e. The van der Waals surface area contributed by atoms with Gasteiger partial charge < -0.3 is 20.3 Å². The van der Waals surface area contributed by atoms with E-state index in [-0.39, 0.29) is 30.2 Å². The number of aryl methyl sites for hydroxylation is 1. The smallest absolute Gasteiger partial charge is 0.322 e. The number of ether oxygens (including phenoxy) is 1. The highest BCUT2D eigenvalue weighted by Crippen LogP contribution is 2.31. The van der Waals surface area contributed by atoms with Crippen LogP contribution < -0.4 is 20.7 Å². The van der Waals surface area contributed by atoms with Crippen LogP contribution in [0.1, 0.15) is 55.2 Å². The number of pyridine rings is 1. The minimum absolute atomic E-state index is 0.0437. The van der Waals surface area contributed by atoms with Crippen molar-refractivity contribution in [2.45, 2.75) is 53.2 Å². The molecule has 2 aliphatic rings. The van der Waals surface area contributed by atoms with Crippen molar-refractivity contribution in [1.29, 1.82) is 0 Å². The van der Waals surface area contributed by atoms with Crippen molar-refractivity contribution >= 4 is 34.7 Å². The number of nitrogens with one attached hydrogen (secondary N) is 3. The van der Waals surface area contributed by atoms with Gasteiger partial charge >= 0.3 is 6.03 Å². The molecule has 2 saturated heterocycles. The number of likely N-dealkylation sites (tertiary alicyclic amines) is 1. The van der Waals surface area contributed by atoms with Crippen LogP contribution in [0.4, 0.5) is 4.79 Å². The highest BCUT2D eigenvalue weighted by atomic mass is 16.5. The number of carbonyl (C=O) groups excluding carboxylic acids is 4. The van der Waals surface area contributed by atoms with E-state index < -0.39 is 23.4 Å². The molecule has 0 radical (unpaired) electrons. The summed E-state index contributed by atoms with van der Waals surface area (Å²) in [5.74, 6) is -0.214. The van der Waals surface area contributed by atoms with Crippen LogP contribution in [-0.4, -0.2) is 59.3 Å². The molecule has 2 fully saturated rings. The molecular weight excluding hydrogens is 546 g/mol. The second kappa shape index (κ2) is 12.4. The summed E-state index contributed by atoms with van der Waals surface area (Å²) in [7, 11) is 0. The number of nitrogens with zero attached hydrogens (tertiary/aromatic N) is 2. The van der Waals surface area contributed by atoms with Gasteiger partial charge in [0, 0.05) is 53.2 Å². The number of para-hydroxylation sites is 1. The molecule has 5 amide bonds. The Bertz CT molecular complexity index is 1520. The monoisotopic (exact) mass is 585 g/mol. The first-order chi connectivity index (χ1) is 20.5. The van der Waals surface area contributed by atoms with Crippen LogP contribution >= 0.6 is 0 Å². The number of fused-ring (bicyclic) bond motifs is 1. The van der Waals surface area contributed by atoms with Gasteiger partial charge in [0.25, 0.3) is 11.8 Å². The lowest BCUT2D eigenvalue weighted by molar-refractivity contribution is -0.141. The van der Waals surface area contributed by atoms with Crippen molar-refractivity contribution in [1.82, 2.24) is 25.8 Å². The molecule has 3 N–H and O–H groups in total. The minimum Gasteiger partial charge on any atom is -0.489 e. The lowest BCUT2D eigenvalue weighted by atomic mass is 9.79. The van der Waals surface area contributed by atoms with Crippen LogP contribution in [-0.2, 0) is 16.2 Å². The molecular formula is C33H39N5O5. The summed E-state index contributed by atoms with van der Waals surface area (Å²) >= 11 is 0. The van der Waals surface area contributed by atoms with E-state index in [2.05, 4.69) is 20.9 Å². The highest BCUT2D eigenvalue weighted by molar-refractivity contribution is 6.04. The first-order valence-corrected chi connectivity index (χ1v) is 14.8. The van der Waals surface area contributed by atoms with Crippen molar-refractivity contribution in [3.63, 3.8) is 0 Å². The number of carbonyl (C=O) groups is 4. The number of benzene rings is 2. The van der Waals surface area contributed by atoms with Gasteiger partial charge in [-0.2, -0.15) is 0 Å². The van der Waals surface area contributed by atoms with E-state index in [1.807, 2.05) is 62.9 Å². The van der Waals surface area contributed by atoms with Crippen LogP contribution in [0.25, 0.3) is 10.9 Å². The predicted octanol–water partition coefficient (Wildman–Crippen LogP) is 3.96. The van der Waals surface area contributed by atoms with E-state index in [9.17, 15) is 19.2 Å². The minimum atomic E-state index is -0.744. The molecule has 1 aromatic heterocycles. The number of hydrogen-bond acceptors (Lipinski definition) is 6. The third kappa shape index (κ3) is 6.96. The fourth-order valence-electron chi connectivity index (χ4n) is 5.99. The fourth-order valence-corrected chi connectivity index (χ4v) is 5.99. The molecule has 0 bridgehead atoms. The van der Waals surface area contributed by atoms with Gasteiger partial charge in [-0.3, -0.25) is 24.7 Å². The molecule has 43 heavy (non-hydrogen) atoms. The van der Waals surface area contributed by atoms with Gasteiger partial charge in [0.05, 0.1) is 5.52 Å². The molecule has 3 heterocycles. The first-order valence-electron chi connectivity index (χ1n) is 14.8. The summed E-state index contributed by atoms with van der Waals surface area (Å²) in [5.41, 5.74) is 2.87. The Morgan fingerprint density at radius 3 is 2.42 bits per heavy atom. The zero-order valence-corrected chi connectivity index (χ0v) is 25.1. The maximum Gasteiger partial charge on any atom is 0.322 e.